The molecule has 7 heteroatoms. The number of amides is 1. The molecule has 0 saturated carbocycles. The smallest absolute Gasteiger partial charge is 0.338 e. The molecule has 154 valence electrons. The maximum absolute atomic E-state index is 13.1. The van der Waals surface area contributed by atoms with Gasteiger partial charge in [0.1, 0.15) is 5.00 Å². The number of nitrogens with one attached hydrogen (secondary N) is 2. The molecule has 0 saturated heterocycles. The second kappa shape index (κ2) is 9.09. The number of pyridine rings is 1. The molecule has 0 atom stereocenters. The monoisotopic (exact) mass is 421 g/mol. The Hall–Kier alpha value is -3.19. The third-order valence-corrected chi connectivity index (χ3v) is 6.23. The summed E-state index contributed by atoms with van der Waals surface area (Å²) >= 11 is 1.67. The lowest BCUT2D eigenvalue weighted by atomic mass is 10.1. The molecule has 2 heterocycles. The number of hydrogen-bond donors (Lipinski definition) is 2. The van der Waals surface area contributed by atoms with Gasteiger partial charge in [0, 0.05) is 29.5 Å². The number of thiophene rings is 1. The highest BCUT2D eigenvalue weighted by atomic mass is 32.1. The van der Waals surface area contributed by atoms with Gasteiger partial charge in [-0.2, -0.15) is 0 Å². The molecule has 3 aromatic rings. The number of rotatable bonds is 7. The Morgan fingerprint density at radius 1 is 1.17 bits per heavy atom. The molecule has 1 amide bonds. The van der Waals surface area contributed by atoms with Crippen LogP contribution in [0.4, 0.5) is 10.7 Å². The van der Waals surface area contributed by atoms with Crippen molar-refractivity contribution in [2.24, 2.45) is 0 Å². The molecule has 30 heavy (non-hydrogen) atoms. The van der Waals surface area contributed by atoms with Gasteiger partial charge in [-0.05, 0) is 67.6 Å². The van der Waals surface area contributed by atoms with Gasteiger partial charge in [0.2, 0.25) is 0 Å². The Morgan fingerprint density at radius 3 is 2.73 bits per heavy atom. The van der Waals surface area contributed by atoms with Gasteiger partial charge in [-0.25, -0.2) is 4.79 Å². The first-order valence-electron chi connectivity index (χ1n) is 10.0. The van der Waals surface area contributed by atoms with Crippen LogP contribution in [0.25, 0.3) is 0 Å². The highest BCUT2D eigenvalue weighted by Crippen LogP contribution is 2.39. The van der Waals surface area contributed by atoms with Gasteiger partial charge >= 0.3 is 5.97 Å². The molecule has 4 rings (SSSR count). The Balaban J connectivity index is 1.51. The van der Waals surface area contributed by atoms with Crippen molar-refractivity contribution in [2.45, 2.75) is 32.7 Å². The molecule has 0 aliphatic heterocycles. The summed E-state index contributed by atoms with van der Waals surface area (Å²) < 4.78 is 5.00. The summed E-state index contributed by atoms with van der Waals surface area (Å²) in [6, 6.07) is 10.7. The van der Waals surface area contributed by atoms with E-state index in [2.05, 4.69) is 15.6 Å². The van der Waals surface area contributed by atoms with Crippen molar-refractivity contribution < 1.29 is 14.3 Å². The van der Waals surface area contributed by atoms with Crippen molar-refractivity contribution >= 4 is 33.9 Å². The Labute approximate surface area is 179 Å². The summed E-state index contributed by atoms with van der Waals surface area (Å²) in [5, 5.41) is 7.29. The molecule has 1 aromatic carbocycles. The summed E-state index contributed by atoms with van der Waals surface area (Å²) in [6.07, 6.45) is 6.58. The Bertz CT molecular complexity index is 1050. The number of ether oxygens (including phenoxy) is 1. The molecule has 0 fully saturated rings. The lowest BCUT2D eigenvalue weighted by Crippen LogP contribution is -2.15. The first kappa shape index (κ1) is 20.1. The molecular formula is C23H23N3O3S. The van der Waals surface area contributed by atoms with Crippen LogP contribution in [0.1, 0.15) is 50.1 Å². The van der Waals surface area contributed by atoms with E-state index in [9.17, 15) is 9.59 Å². The average Bonchev–Trinajstić information content (AvgIpc) is 3.34. The van der Waals surface area contributed by atoms with E-state index in [1.54, 1.807) is 48.7 Å². The number of hydrogen-bond acceptors (Lipinski definition) is 6. The molecular weight excluding hydrogens is 398 g/mol. The van der Waals surface area contributed by atoms with Crippen LogP contribution in [0, 0.1) is 0 Å². The lowest BCUT2D eigenvalue weighted by Gasteiger charge is -2.11. The molecule has 0 bridgehead atoms. The number of aryl methyl sites for hydroxylation is 1. The molecule has 2 N–H and O–H groups in total. The van der Waals surface area contributed by atoms with Crippen molar-refractivity contribution in [1.29, 1.82) is 0 Å². The van der Waals surface area contributed by atoms with Crippen LogP contribution in [0.2, 0.25) is 0 Å². The fourth-order valence-electron chi connectivity index (χ4n) is 3.55. The van der Waals surface area contributed by atoms with Crippen LogP contribution in [0.3, 0.4) is 0 Å². The normalized spacial score (nSPS) is 12.3. The van der Waals surface area contributed by atoms with Crippen LogP contribution in [-0.4, -0.2) is 23.5 Å². The van der Waals surface area contributed by atoms with Crippen LogP contribution in [0.5, 0.6) is 0 Å². The number of fused-ring (bicyclic) bond motifs is 1. The number of nitrogens with zero attached hydrogens (tertiary/aromatic N) is 1. The number of anilines is 2. The van der Waals surface area contributed by atoms with Crippen molar-refractivity contribution in [2.75, 3.05) is 17.2 Å². The van der Waals surface area contributed by atoms with Gasteiger partial charge in [0.15, 0.2) is 0 Å². The van der Waals surface area contributed by atoms with E-state index in [-0.39, 0.29) is 11.9 Å². The van der Waals surface area contributed by atoms with Gasteiger partial charge in [0.05, 0.1) is 17.7 Å². The minimum atomic E-state index is -0.368. The Kier molecular flexibility index (Phi) is 6.09. The minimum absolute atomic E-state index is 0.132. The molecule has 0 radical (unpaired) electrons. The topological polar surface area (TPSA) is 80.3 Å². The van der Waals surface area contributed by atoms with Crippen molar-refractivity contribution in [3.63, 3.8) is 0 Å². The first-order valence-corrected chi connectivity index (χ1v) is 10.8. The van der Waals surface area contributed by atoms with E-state index in [0.717, 1.165) is 41.0 Å². The zero-order valence-electron chi connectivity index (χ0n) is 16.7. The van der Waals surface area contributed by atoms with Crippen LogP contribution in [0.15, 0.2) is 48.8 Å². The van der Waals surface area contributed by atoms with Gasteiger partial charge in [-0.15, -0.1) is 11.3 Å². The quantitative estimate of drug-likeness (QED) is 0.542. The van der Waals surface area contributed by atoms with E-state index >= 15 is 0 Å². The SMILES string of the molecule is CCOC(=O)c1ccc(NC(=O)c2c(NCc3cccnc3)sc3c2CCC3)cc1. The summed E-state index contributed by atoms with van der Waals surface area (Å²) in [7, 11) is 0. The first-order chi connectivity index (χ1) is 14.7. The highest BCUT2D eigenvalue weighted by molar-refractivity contribution is 7.16. The van der Waals surface area contributed by atoms with Crippen LogP contribution in [-0.2, 0) is 24.1 Å². The highest BCUT2D eigenvalue weighted by Gasteiger charge is 2.26. The summed E-state index contributed by atoms with van der Waals surface area (Å²) in [4.78, 5) is 30.4. The number of carbonyl (C=O) groups excluding carboxylic acids is 2. The van der Waals surface area contributed by atoms with E-state index in [1.165, 1.54) is 4.88 Å². The van der Waals surface area contributed by atoms with E-state index in [4.69, 9.17) is 4.74 Å². The predicted octanol–water partition coefficient (Wildman–Crippen LogP) is 4.67. The second-order valence-electron chi connectivity index (χ2n) is 7.03. The molecule has 2 aromatic heterocycles. The van der Waals surface area contributed by atoms with Gasteiger partial charge in [-0.3, -0.25) is 9.78 Å². The number of esters is 1. The molecule has 1 aliphatic carbocycles. The summed E-state index contributed by atoms with van der Waals surface area (Å²) in [5.74, 6) is -0.500. The molecule has 1 aliphatic rings. The number of aromatic nitrogens is 1. The fraction of sp³-hybridized carbons (Fsp3) is 0.261. The number of benzene rings is 1. The van der Waals surface area contributed by atoms with E-state index in [1.807, 2.05) is 18.3 Å². The zero-order valence-corrected chi connectivity index (χ0v) is 17.6. The third kappa shape index (κ3) is 4.36. The van der Waals surface area contributed by atoms with Crippen molar-refractivity contribution in [3.05, 3.63) is 75.9 Å². The van der Waals surface area contributed by atoms with E-state index < -0.39 is 0 Å². The van der Waals surface area contributed by atoms with Crippen LogP contribution < -0.4 is 10.6 Å². The average molecular weight is 422 g/mol. The third-order valence-electron chi connectivity index (χ3n) is 4.98. The van der Waals surface area contributed by atoms with E-state index in [0.29, 0.717) is 24.4 Å². The lowest BCUT2D eigenvalue weighted by molar-refractivity contribution is 0.0526. The maximum Gasteiger partial charge on any atom is 0.338 e. The predicted molar refractivity (Wildman–Crippen MR) is 118 cm³/mol. The Morgan fingerprint density at radius 2 is 2.00 bits per heavy atom. The largest absolute Gasteiger partial charge is 0.462 e. The molecule has 0 unspecified atom stereocenters. The summed E-state index contributed by atoms with van der Waals surface area (Å²) in [5.41, 5.74) is 4.04. The van der Waals surface area contributed by atoms with Gasteiger partial charge < -0.3 is 15.4 Å². The second-order valence-corrected chi connectivity index (χ2v) is 8.13. The number of carbonyl (C=O) groups is 2. The van der Waals surface area contributed by atoms with Crippen molar-refractivity contribution in [3.8, 4) is 0 Å². The maximum atomic E-state index is 13.1. The zero-order chi connectivity index (χ0) is 20.9. The molecule has 6 nitrogen and oxygen atoms in total. The van der Waals surface area contributed by atoms with Crippen LogP contribution >= 0.6 is 11.3 Å². The minimum Gasteiger partial charge on any atom is -0.462 e. The standard InChI is InChI=1S/C23H23N3O3S/c1-2-29-23(28)16-8-10-17(11-9-16)26-21(27)20-18-6-3-7-19(18)30-22(20)25-14-15-5-4-12-24-13-15/h4-5,8-13,25H,2-3,6-7,14H2,1H3,(H,26,27). The molecule has 0 spiro atoms. The van der Waals surface area contributed by atoms with Crippen molar-refractivity contribution in [1.82, 2.24) is 4.98 Å². The van der Waals surface area contributed by atoms with Gasteiger partial charge in [0.25, 0.3) is 5.91 Å². The van der Waals surface area contributed by atoms with Gasteiger partial charge in [-0.1, -0.05) is 6.07 Å². The summed E-state index contributed by atoms with van der Waals surface area (Å²) in [6.45, 7) is 2.71. The fourth-order valence-corrected chi connectivity index (χ4v) is 4.83.